The lowest BCUT2D eigenvalue weighted by atomic mass is 9.95. The van der Waals surface area contributed by atoms with Gasteiger partial charge in [-0.25, -0.2) is 0 Å². The minimum atomic E-state index is 1.13. The zero-order valence-corrected chi connectivity index (χ0v) is 26.9. The van der Waals surface area contributed by atoms with Crippen LogP contribution in [-0.2, 0) is 0 Å². The Bertz CT molecular complexity index is 2830. The maximum Gasteiger partial charge on any atom is 0.0468 e. The van der Waals surface area contributed by atoms with Crippen LogP contribution in [0.25, 0.3) is 74.4 Å². The molecule has 0 atom stereocenters. The first-order valence-corrected chi connectivity index (χ1v) is 17.2. The molecular weight excluding hydrogens is 599 g/mol. The third kappa shape index (κ3) is 4.24. The number of fused-ring (bicyclic) bond motifs is 10. The molecule has 48 heavy (non-hydrogen) atoms. The summed E-state index contributed by atoms with van der Waals surface area (Å²) in [5.74, 6) is 0. The van der Waals surface area contributed by atoms with Gasteiger partial charge in [0.2, 0.25) is 0 Å². The average molecular weight is 628 g/mol. The molecule has 0 amide bonds. The fourth-order valence-corrected chi connectivity index (χ4v) is 8.80. The Morgan fingerprint density at radius 1 is 0.354 bits per heavy atom. The predicted molar refractivity (Wildman–Crippen MR) is 209 cm³/mol. The zero-order chi connectivity index (χ0) is 31.6. The second kappa shape index (κ2) is 10.8. The Balaban J connectivity index is 1.24. The van der Waals surface area contributed by atoms with E-state index in [2.05, 4.69) is 181 Å². The standard InChI is InChI=1S/C46H29NS/c1-3-11-30(12-4-1)42-27-33-14-8-10-18-38(33)46-45(42)43-29-36(23-26-44(43)48-46)47(34-15-5-2-6-16-34)35-22-19-32-21-24-39-37-17-9-7-13-31(37)20-25-40(39)41(32)28-35/h1-29H. The van der Waals surface area contributed by atoms with Crippen LogP contribution < -0.4 is 4.90 Å². The van der Waals surface area contributed by atoms with Gasteiger partial charge in [-0.15, -0.1) is 11.3 Å². The second-order valence-electron chi connectivity index (χ2n) is 12.5. The van der Waals surface area contributed by atoms with Gasteiger partial charge >= 0.3 is 0 Å². The topological polar surface area (TPSA) is 3.24 Å². The second-order valence-corrected chi connectivity index (χ2v) is 13.6. The van der Waals surface area contributed by atoms with Gasteiger partial charge in [-0.1, -0.05) is 127 Å². The first kappa shape index (κ1) is 27.2. The summed E-state index contributed by atoms with van der Waals surface area (Å²) < 4.78 is 2.64. The van der Waals surface area contributed by atoms with Crippen LogP contribution >= 0.6 is 11.3 Å². The molecule has 0 aliphatic heterocycles. The van der Waals surface area contributed by atoms with Gasteiger partial charge in [-0.2, -0.15) is 0 Å². The lowest BCUT2D eigenvalue weighted by Crippen LogP contribution is -2.09. The number of thiophene rings is 1. The molecule has 224 valence electrons. The van der Waals surface area contributed by atoms with E-state index >= 15 is 0 Å². The molecule has 0 spiro atoms. The Morgan fingerprint density at radius 2 is 0.938 bits per heavy atom. The van der Waals surface area contributed by atoms with Crippen molar-refractivity contribution in [3.05, 3.63) is 176 Å². The fraction of sp³-hybridized carbons (Fsp3) is 0. The highest BCUT2D eigenvalue weighted by molar-refractivity contribution is 7.26. The van der Waals surface area contributed by atoms with Crippen LogP contribution in [0, 0.1) is 0 Å². The zero-order valence-electron chi connectivity index (χ0n) is 26.1. The molecule has 0 saturated heterocycles. The van der Waals surface area contributed by atoms with Crippen LogP contribution in [0.15, 0.2) is 176 Å². The predicted octanol–water partition coefficient (Wildman–Crippen LogP) is 13.8. The summed E-state index contributed by atoms with van der Waals surface area (Å²) >= 11 is 1.90. The van der Waals surface area contributed by atoms with E-state index in [9.17, 15) is 0 Å². The Hall–Kier alpha value is -5.96. The molecule has 0 saturated carbocycles. The Labute approximate surface area is 282 Å². The quantitative estimate of drug-likeness (QED) is 0.176. The van der Waals surface area contributed by atoms with Crippen LogP contribution in [0.3, 0.4) is 0 Å². The molecule has 0 radical (unpaired) electrons. The van der Waals surface area contributed by atoms with Gasteiger partial charge in [0, 0.05) is 37.2 Å². The molecule has 0 unspecified atom stereocenters. The lowest BCUT2D eigenvalue weighted by Gasteiger charge is -2.26. The van der Waals surface area contributed by atoms with Gasteiger partial charge < -0.3 is 4.90 Å². The first-order chi connectivity index (χ1) is 23.8. The van der Waals surface area contributed by atoms with Crippen molar-refractivity contribution < 1.29 is 0 Å². The molecule has 10 aromatic rings. The molecule has 0 N–H and O–H groups in total. The lowest BCUT2D eigenvalue weighted by molar-refractivity contribution is 1.30. The monoisotopic (exact) mass is 627 g/mol. The van der Waals surface area contributed by atoms with Crippen molar-refractivity contribution in [1.29, 1.82) is 0 Å². The summed E-state index contributed by atoms with van der Waals surface area (Å²) in [6, 6.07) is 64.5. The molecule has 9 aromatic carbocycles. The molecular formula is C46H29NS. The van der Waals surface area contributed by atoms with E-state index < -0.39 is 0 Å². The normalized spacial score (nSPS) is 11.8. The molecule has 1 nitrogen and oxygen atoms in total. The van der Waals surface area contributed by atoms with E-state index in [1.165, 1.54) is 74.4 Å². The summed E-state index contributed by atoms with van der Waals surface area (Å²) in [5, 5.41) is 12.8. The number of nitrogens with zero attached hydrogens (tertiary/aromatic N) is 1. The van der Waals surface area contributed by atoms with Gasteiger partial charge in [0.1, 0.15) is 0 Å². The van der Waals surface area contributed by atoms with Gasteiger partial charge in [0.05, 0.1) is 0 Å². The van der Waals surface area contributed by atoms with E-state index in [1.54, 1.807) is 0 Å². The number of hydrogen-bond acceptors (Lipinski definition) is 2. The minimum Gasteiger partial charge on any atom is -0.310 e. The van der Waals surface area contributed by atoms with E-state index in [0.717, 1.165) is 17.1 Å². The molecule has 0 fully saturated rings. The number of anilines is 3. The van der Waals surface area contributed by atoms with Crippen LogP contribution in [0.2, 0.25) is 0 Å². The highest BCUT2D eigenvalue weighted by Gasteiger charge is 2.19. The largest absolute Gasteiger partial charge is 0.310 e. The van der Waals surface area contributed by atoms with E-state index in [-0.39, 0.29) is 0 Å². The summed E-state index contributed by atoms with van der Waals surface area (Å²) in [7, 11) is 0. The van der Waals surface area contributed by atoms with E-state index in [4.69, 9.17) is 0 Å². The molecule has 0 aliphatic rings. The number of rotatable bonds is 4. The molecule has 0 aliphatic carbocycles. The number of benzene rings is 9. The summed E-state index contributed by atoms with van der Waals surface area (Å²) in [6.45, 7) is 0. The maximum absolute atomic E-state index is 2.41. The van der Waals surface area contributed by atoms with Gasteiger partial charge in [0.25, 0.3) is 0 Å². The molecule has 0 bridgehead atoms. The molecule has 10 rings (SSSR count). The smallest absolute Gasteiger partial charge is 0.0468 e. The fourth-order valence-electron chi connectivity index (χ4n) is 7.55. The average Bonchev–Trinajstić information content (AvgIpc) is 3.54. The third-order valence-corrected chi connectivity index (χ3v) is 11.0. The van der Waals surface area contributed by atoms with Gasteiger partial charge in [0.15, 0.2) is 0 Å². The molecule has 1 aromatic heterocycles. The molecule has 1 heterocycles. The van der Waals surface area contributed by atoms with Crippen LogP contribution in [-0.4, -0.2) is 0 Å². The summed E-state index contributed by atoms with van der Waals surface area (Å²) in [6.07, 6.45) is 0. The highest BCUT2D eigenvalue weighted by Crippen LogP contribution is 2.47. The van der Waals surface area contributed by atoms with Gasteiger partial charge in [-0.05, 0) is 103 Å². The van der Waals surface area contributed by atoms with Crippen molar-refractivity contribution in [3.63, 3.8) is 0 Å². The van der Waals surface area contributed by atoms with E-state index in [0.29, 0.717) is 0 Å². The third-order valence-electron chi connectivity index (χ3n) is 9.79. The summed E-state index contributed by atoms with van der Waals surface area (Å²) in [5.41, 5.74) is 5.94. The summed E-state index contributed by atoms with van der Waals surface area (Å²) in [4.78, 5) is 2.41. The first-order valence-electron chi connectivity index (χ1n) is 16.4. The highest BCUT2D eigenvalue weighted by atomic mass is 32.1. The van der Waals surface area contributed by atoms with Crippen molar-refractivity contribution in [2.75, 3.05) is 4.90 Å². The van der Waals surface area contributed by atoms with Crippen LogP contribution in [0.1, 0.15) is 0 Å². The SMILES string of the molecule is c1ccc(-c2cc3ccccc3c3sc4ccc(N(c5ccccc5)c5ccc6ccc7c8ccccc8ccc7c6c5)cc4c23)cc1. The van der Waals surface area contributed by atoms with Crippen molar-refractivity contribution in [1.82, 2.24) is 0 Å². The minimum absolute atomic E-state index is 1.13. The molecule has 2 heteroatoms. The number of hydrogen-bond donors (Lipinski definition) is 0. The Kier molecular flexibility index (Phi) is 6.12. The van der Waals surface area contributed by atoms with Gasteiger partial charge in [-0.3, -0.25) is 0 Å². The van der Waals surface area contributed by atoms with Crippen molar-refractivity contribution in [2.24, 2.45) is 0 Å². The van der Waals surface area contributed by atoms with Crippen molar-refractivity contribution >= 4 is 91.7 Å². The number of para-hydroxylation sites is 1. The maximum atomic E-state index is 2.41. The van der Waals surface area contributed by atoms with Crippen LogP contribution in [0.5, 0.6) is 0 Å². The van der Waals surface area contributed by atoms with Crippen molar-refractivity contribution in [2.45, 2.75) is 0 Å². The Morgan fingerprint density at radius 3 is 1.73 bits per heavy atom. The van der Waals surface area contributed by atoms with Crippen molar-refractivity contribution in [3.8, 4) is 11.1 Å². The van der Waals surface area contributed by atoms with E-state index in [1.807, 2.05) is 11.3 Å². The van der Waals surface area contributed by atoms with Crippen LogP contribution in [0.4, 0.5) is 17.1 Å².